The van der Waals surface area contributed by atoms with Crippen LogP contribution in [-0.4, -0.2) is 37.3 Å². The van der Waals surface area contributed by atoms with E-state index in [4.69, 9.17) is 17.3 Å². The minimum absolute atomic E-state index is 0.00914. The van der Waals surface area contributed by atoms with Crippen molar-refractivity contribution < 1.29 is 14.7 Å². The Labute approximate surface area is 164 Å². The quantitative estimate of drug-likeness (QED) is 0.342. The van der Waals surface area contributed by atoms with Gasteiger partial charge in [0.2, 0.25) is 0 Å². The summed E-state index contributed by atoms with van der Waals surface area (Å²) < 4.78 is 2.62. The predicted molar refractivity (Wildman–Crippen MR) is 110 cm³/mol. The molecule has 1 amide bonds. The summed E-state index contributed by atoms with van der Waals surface area (Å²) in [6.07, 6.45) is 11.2. The van der Waals surface area contributed by atoms with E-state index in [1.54, 1.807) is 4.90 Å². The van der Waals surface area contributed by atoms with Crippen LogP contribution in [0.5, 0.6) is 0 Å². The highest BCUT2D eigenvalue weighted by molar-refractivity contribution is 8.26. The van der Waals surface area contributed by atoms with E-state index in [2.05, 4.69) is 0 Å². The summed E-state index contributed by atoms with van der Waals surface area (Å²) >= 11 is 6.74. The molecule has 5 nitrogen and oxygen atoms in total. The van der Waals surface area contributed by atoms with Crippen molar-refractivity contribution in [2.75, 3.05) is 6.54 Å². The fourth-order valence-corrected chi connectivity index (χ4v) is 4.17. The van der Waals surface area contributed by atoms with Crippen LogP contribution >= 0.6 is 24.0 Å². The second-order valence-electron chi connectivity index (χ2n) is 6.50. The lowest BCUT2D eigenvalue weighted by atomic mass is 10.1. The lowest BCUT2D eigenvalue weighted by Gasteiger charge is -2.14. The van der Waals surface area contributed by atoms with Crippen molar-refractivity contribution in [2.45, 2.75) is 51.4 Å². The highest BCUT2D eigenvalue weighted by Gasteiger charge is 2.31. The number of carboxylic acid groups (broad SMARTS) is 1. The molecule has 2 heterocycles. The Hall–Kier alpha value is -1.60. The van der Waals surface area contributed by atoms with E-state index in [9.17, 15) is 9.59 Å². The van der Waals surface area contributed by atoms with Gasteiger partial charge in [-0.3, -0.25) is 14.5 Å². The Morgan fingerprint density at radius 1 is 1.19 bits per heavy atom. The van der Waals surface area contributed by atoms with Crippen LogP contribution in [0.1, 0.15) is 57.1 Å². The minimum atomic E-state index is -0.713. The number of unbranched alkanes of at least 4 members (excludes halogenated alkanes) is 6. The van der Waals surface area contributed by atoms with Gasteiger partial charge in [0.25, 0.3) is 5.91 Å². The van der Waals surface area contributed by atoms with Crippen molar-refractivity contribution >= 4 is 46.3 Å². The number of aryl methyl sites for hydroxylation is 1. The number of thiocarbonyl (C=S) groups is 1. The maximum atomic E-state index is 12.5. The average molecular weight is 395 g/mol. The number of carbonyl (C=O) groups excluding carboxylic acids is 1. The summed E-state index contributed by atoms with van der Waals surface area (Å²) in [7, 11) is 1.95. The maximum absolute atomic E-state index is 12.5. The second kappa shape index (κ2) is 10.5. The summed E-state index contributed by atoms with van der Waals surface area (Å²) in [6.45, 7) is 0.675. The van der Waals surface area contributed by atoms with Gasteiger partial charge in [0.1, 0.15) is 4.32 Å². The number of aromatic nitrogens is 1. The first-order valence-electron chi connectivity index (χ1n) is 9.07. The van der Waals surface area contributed by atoms with Gasteiger partial charge in [-0.05, 0) is 31.1 Å². The van der Waals surface area contributed by atoms with Gasteiger partial charge >= 0.3 is 5.97 Å². The summed E-state index contributed by atoms with van der Waals surface area (Å²) in [5, 5.41) is 8.59. The van der Waals surface area contributed by atoms with E-state index in [0.29, 0.717) is 15.8 Å². The molecule has 1 N–H and O–H groups in total. The van der Waals surface area contributed by atoms with Gasteiger partial charge in [-0.2, -0.15) is 0 Å². The third-order valence-corrected chi connectivity index (χ3v) is 5.79. The van der Waals surface area contributed by atoms with Crippen molar-refractivity contribution in [3.63, 3.8) is 0 Å². The maximum Gasteiger partial charge on any atom is 0.303 e. The van der Waals surface area contributed by atoms with Crippen LogP contribution in [0, 0.1) is 0 Å². The van der Waals surface area contributed by atoms with E-state index in [1.165, 1.54) is 11.8 Å². The first kappa shape index (κ1) is 20.7. The molecule has 0 aliphatic carbocycles. The molecule has 2 rings (SSSR count). The molecule has 7 heteroatoms. The van der Waals surface area contributed by atoms with Crippen LogP contribution in [0.2, 0.25) is 0 Å². The second-order valence-corrected chi connectivity index (χ2v) is 8.17. The molecular weight excluding hydrogens is 368 g/mol. The predicted octanol–water partition coefficient (Wildman–Crippen LogP) is 4.43. The number of carboxylic acids is 1. The Kier molecular flexibility index (Phi) is 8.38. The molecule has 0 atom stereocenters. The summed E-state index contributed by atoms with van der Waals surface area (Å²) in [5.74, 6) is -0.704. The third kappa shape index (κ3) is 6.29. The van der Waals surface area contributed by atoms with Gasteiger partial charge in [0.05, 0.1) is 4.91 Å². The molecule has 0 aromatic carbocycles. The summed E-state index contributed by atoms with van der Waals surface area (Å²) in [5.41, 5.74) is 0.994. The monoisotopic (exact) mass is 394 g/mol. The highest BCUT2D eigenvalue weighted by atomic mass is 32.2. The average Bonchev–Trinajstić information content (AvgIpc) is 3.10. The Morgan fingerprint density at radius 2 is 1.85 bits per heavy atom. The summed E-state index contributed by atoms with van der Waals surface area (Å²) in [4.78, 5) is 25.4. The van der Waals surface area contributed by atoms with E-state index in [1.807, 2.05) is 36.0 Å². The zero-order valence-electron chi connectivity index (χ0n) is 15.1. The summed E-state index contributed by atoms with van der Waals surface area (Å²) in [6, 6.07) is 3.93. The number of rotatable bonds is 11. The van der Waals surface area contributed by atoms with E-state index >= 15 is 0 Å². The van der Waals surface area contributed by atoms with Crippen LogP contribution in [0.3, 0.4) is 0 Å². The van der Waals surface area contributed by atoms with Gasteiger partial charge in [-0.15, -0.1) is 0 Å². The Morgan fingerprint density at radius 3 is 2.46 bits per heavy atom. The number of carbonyl (C=O) groups is 2. The number of thioether (sulfide) groups is 1. The smallest absolute Gasteiger partial charge is 0.303 e. The van der Waals surface area contributed by atoms with E-state index < -0.39 is 5.97 Å². The van der Waals surface area contributed by atoms with Crippen LogP contribution in [0.15, 0.2) is 23.2 Å². The van der Waals surface area contributed by atoms with Gasteiger partial charge in [-0.25, -0.2) is 0 Å². The van der Waals surface area contributed by atoms with Gasteiger partial charge in [0.15, 0.2) is 0 Å². The van der Waals surface area contributed by atoms with E-state index in [0.717, 1.165) is 50.6 Å². The largest absolute Gasteiger partial charge is 0.481 e. The molecular formula is C19H26N2O3S2. The topological polar surface area (TPSA) is 62.5 Å². The zero-order valence-corrected chi connectivity index (χ0v) is 16.8. The molecule has 1 aromatic heterocycles. The van der Waals surface area contributed by atoms with Crippen molar-refractivity contribution in [1.29, 1.82) is 0 Å². The van der Waals surface area contributed by atoms with Crippen LogP contribution in [0.4, 0.5) is 0 Å². The number of aliphatic carboxylic acids is 1. The first-order chi connectivity index (χ1) is 12.5. The Balaban J connectivity index is 1.66. The van der Waals surface area contributed by atoms with E-state index in [-0.39, 0.29) is 12.3 Å². The number of nitrogens with zero attached hydrogens (tertiary/aromatic N) is 2. The number of amides is 1. The molecule has 0 saturated carbocycles. The molecule has 1 aliphatic heterocycles. The lowest BCUT2D eigenvalue weighted by molar-refractivity contribution is -0.137. The van der Waals surface area contributed by atoms with Crippen molar-refractivity contribution in [2.24, 2.45) is 7.05 Å². The van der Waals surface area contributed by atoms with Crippen molar-refractivity contribution in [3.05, 3.63) is 28.9 Å². The Bertz CT molecular complexity index is 682. The molecule has 26 heavy (non-hydrogen) atoms. The molecule has 142 valence electrons. The molecule has 0 bridgehead atoms. The van der Waals surface area contributed by atoms with Gasteiger partial charge in [0, 0.05) is 31.9 Å². The number of hydrogen-bond acceptors (Lipinski definition) is 4. The molecule has 1 fully saturated rings. The zero-order chi connectivity index (χ0) is 18.9. The number of hydrogen-bond donors (Lipinski definition) is 1. The van der Waals surface area contributed by atoms with Crippen LogP contribution in [0.25, 0.3) is 6.08 Å². The van der Waals surface area contributed by atoms with Crippen LogP contribution < -0.4 is 0 Å². The standard InChI is InChI=1S/C19H26N2O3S2/c1-20-12-9-10-15(20)14-16-18(24)21(19(25)26-16)13-8-6-4-2-3-5-7-11-17(22)23/h9-10,12,14H,2-8,11,13H2,1H3,(H,22,23)/b16-14-. The molecule has 0 spiro atoms. The molecule has 1 saturated heterocycles. The van der Waals surface area contributed by atoms with Gasteiger partial charge in [-0.1, -0.05) is 56.1 Å². The third-order valence-electron chi connectivity index (χ3n) is 4.41. The fraction of sp³-hybridized carbons (Fsp3) is 0.526. The van der Waals surface area contributed by atoms with Gasteiger partial charge < -0.3 is 9.67 Å². The van der Waals surface area contributed by atoms with Crippen molar-refractivity contribution in [3.8, 4) is 0 Å². The highest BCUT2D eigenvalue weighted by Crippen LogP contribution is 2.32. The molecule has 0 unspecified atom stereocenters. The molecule has 1 aromatic rings. The molecule has 0 radical (unpaired) electrons. The SMILES string of the molecule is Cn1cccc1/C=C1\SC(=S)N(CCCCCCCCCC(=O)O)C1=O. The molecule has 1 aliphatic rings. The fourth-order valence-electron chi connectivity index (χ4n) is 2.88. The van der Waals surface area contributed by atoms with Crippen molar-refractivity contribution in [1.82, 2.24) is 9.47 Å². The normalized spacial score (nSPS) is 16.0. The minimum Gasteiger partial charge on any atom is -0.481 e. The first-order valence-corrected chi connectivity index (χ1v) is 10.3. The lowest BCUT2D eigenvalue weighted by Crippen LogP contribution is -2.29. The van der Waals surface area contributed by atoms with Crippen LogP contribution in [-0.2, 0) is 16.6 Å².